The minimum absolute atomic E-state index is 0.238. The molecule has 1 fully saturated rings. The number of ether oxygens (including phenoxy) is 1. The highest BCUT2D eigenvalue weighted by atomic mass is 35.5. The van der Waals surface area contributed by atoms with Gasteiger partial charge in [0.15, 0.2) is 0 Å². The number of hydrogen-bond donors (Lipinski definition) is 1. The third kappa shape index (κ3) is 3.44. The van der Waals surface area contributed by atoms with E-state index in [0.29, 0.717) is 17.4 Å². The Bertz CT molecular complexity index is 465. The van der Waals surface area contributed by atoms with Crippen LogP contribution in [0.25, 0.3) is 0 Å². The number of benzene rings is 1. The van der Waals surface area contributed by atoms with E-state index in [4.69, 9.17) is 22.1 Å². The van der Waals surface area contributed by atoms with Gasteiger partial charge in [-0.2, -0.15) is 0 Å². The topological polar surface area (TPSA) is 52.3 Å². The van der Waals surface area contributed by atoms with Crippen LogP contribution in [-0.4, -0.2) is 23.9 Å². The number of carbonyl (C=O) groups excluding carboxylic acids is 1. The summed E-state index contributed by atoms with van der Waals surface area (Å²) < 4.78 is 5.12. The largest absolute Gasteiger partial charge is 0.465 e. The molecule has 0 bridgehead atoms. The van der Waals surface area contributed by atoms with Gasteiger partial charge in [0.05, 0.1) is 11.6 Å². The summed E-state index contributed by atoms with van der Waals surface area (Å²) in [6.45, 7) is 2.16. The molecule has 5 heteroatoms. The fraction of sp³-hybridized carbons (Fsp3) is 0.500. The molecule has 0 saturated heterocycles. The van der Waals surface area contributed by atoms with Crippen molar-refractivity contribution in [1.29, 1.82) is 0 Å². The fourth-order valence-corrected chi connectivity index (χ4v) is 3.39. The van der Waals surface area contributed by atoms with Gasteiger partial charge in [-0.15, -0.1) is 11.8 Å². The lowest BCUT2D eigenvalue weighted by molar-refractivity contribution is -0.149. The van der Waals surface area contributed by atoms with Crippen molar-refractivity contribution in [1.82, 2.24) is 0 Å². The second-order valence-corrected chi connectivity index (χ2v) is 6.18. The van der Waals surface area contributed by atoms with Gasteiger partial charge in [0.25, 0.3) is 0 Å². The molecule has 0 heterocycles. The maximum absolute atomic E-state index is 12.1. The summed E-state index contributed by atoms with van der Waals surface area (Å²) in [6, 6.07) is 7.58. The first-order valence-electron chi connectivity index (χ1n) is 6.41. The van der Waals surface area contributed by atoms with Crippen LogP contribution in [0.1, 0.15) is 19.8 Å². The van der Waals surface area contributed by atoms with E-state index in [1.807, 2.05) is 24.3 Å². The molecular weight excluding hydrogens is 282 g/mol. The van der Waals surface area contributed by atoms with Crippen molar-refractivity contribution < 1.29 is 9.53 Å². The zero-order valence-electron chi connectivity index (χ0n) is 10.9. The van der Waals surface area contributed by atoms with E-state index in [9.17, 15) is 4.79 Å². The zero-order chi connectivity index (χ0) is 13.9. The average Bonchev–Trinajstić information content (AvgIpc) is 3.22. The Hall–Kier alpha value is -0.710. The van der Waals surface area contributed by atoms with Crippen molar-refractivity contribution in [3.63, 3.8) is 0 Å². The Balaban J connectivity index is 2.05. The van der Waals surface area contributed by atoms with E-state index in [-0.39, 0.29) is 11.9 Å². The summed E-state index contributed by atoms with van der Waals surface area (Å²) in [5, 5.41) is 0.689. The molecule has 0 spiro atoms. The molecule has 1 saturated carbocycles. The molecule has 1 atom stereocenters. The Kier molecular flexibility index (Phi) is 4.76. The van der Waals surface area contributed by atoms with E-state index >= 15 is 0 Å². The summed E-state index contributed by atoms with van der Waals surface area (Å²) >= 11 is 7.63. The van der Waals surface area contributed by atoms with Gasteiger partial charge in [0.2, 0.25) is 0 Å². The minimum atomic E-state index is -0.889. The van der Waals surface area contributed by atoms with Crippen molar-refractivity contribution in [2.24, 2.45) is 11.7 Å². The minimum Gasteiger partial charge on any atom is -0.465 e. The van der Waals surface area contributed by atoms with Crippen LogP contribution >= 0.6 is 23.4 Å². The standard InChI is InChI=1S/C14H18ClNO2S/c1-2-18-13(17)14(16,10-7-8-10)9-19-12-6-4-3-5-11(12)15/h3-6,10H,2,7-9,16H2,1H3. The number of halogens is 1. The molecule has 1 aliphatic rings. The molecule has 104 valence electrons. The fourth-order valence-electron chi connectivity index (χ4n) is 1.97. The van der Waals surface area contributed by atoms with Crippen LogP contribution in [0.5, 0.6) is 0 Å². The van der Waals surface area contributed by atoms with Gasteiger partial charge in [0, 0.05) is 10.6 Å². The average molecular weight is 300 g/mol. The first kappa shape index (κ1) is 14.7. The Labute approximate surface area is 122 Å². The zero-order valence-corrected chi connectivity index (χ0v) is 12.5. The molecule has 2 N–H and O–H groups in total. The summed E-state index contributed by atoms with van der Waals surface area (Å²) in [6.07, 6.45) is 2.00. The van der Waals surface area contributed by atoms with Gasteiger partial charge in [-0.3, -0.25) is 4.79 Å². The van der Waals surface area contributed by atoms with Gasteiger partial charge in [-0.1, -0.05) is 23.7 Å². The molecule has 3 nitrogen and oxygen atoms in total. The van der Waals surface area contributed by atoms with E-state index < -0.39 is 5.54 Å². The third-order valence-corrected chi connectivity index (χ3v) is 5.00. The van der Waals surface area contributed by atoms with Crippen molar-refractivity contribution in [3.8, 4) is 0 Å². The SMILES string of the molecule is CCOC(=O)C(N)(CSc1ccccc1Cl)C1CC1. The van der Waals surface area contributed by atoms with Crippen LogP contribution in [-0.2, 0) is 9.53 Å². The van der Waals surface area contributed by atoms with E-state index in [1.165, 1.54) is 11.8 Å². The van der Waals surface area contributed by atoms with Gasteiger partial charge in [0.1, 0.15) is 5.54 Å². The normalized spacial score (nSPS) is 17.8. The molecule has 0 aromatic heterocycles. The highest BCUT2D eigenvalue weighted by Gasteiger charge is 2.49. The van der Waals surface area contributed by atoms with Crippen molar-refractivity contribution in [2.45, 2.75) is 30.2 Å². The number of thioether (sulfide) groups is 1. The van der Waals surface area contributed by atoms with E-state index in [0.717, 1.165) is 17.7 Å². The third-order valence-electron chi connectivity index (χ3n) is 3.26. The molecule has 1 aromatic rings. The van der Waals surface area contributed by atoms with Crippen LogP contribution in [0.15, 0.2) is 29.2 Å². The van der Waals surface area contributed by atoms with Gasteiger partial charge in [-0.05, 0) is 37.8 Å². The van der Waals surface area contributed by atoms with Crippen LogP contribution < -0.4 is 5.73 Å². The number of nitrogens with two attached hydrogens (primary N) is 1. The summed E-state index contributed by atoms with van der Waals surface area (Å²) in [4.78, 5) is 13.0. The monoisotopic (exact) mass is 299 g/mol. The second-order valence-electron chi connectivity index (χ2n) is 4.75. The number of hydrogen-bond acceptors (Lipinski definition) is 4. The van der Waals surface area contributed by atoms with Crippen molar-refractivity contribution in [2.75, 3.05) is 12.4 Å². The lowest BCUT2D eigenvalue weighted by atomic mass is 9.97. The van der Waals surface area contributed by atoms with Gasteiger partial charge >= 0.3 is 5.97 Å². The quantitative estimate of drug-likeness (QED) is 0.648. The van der Waals surface area contributed by atoms with Crippen molar-refractivity contribution >= 4 is 29.3 Å². The molecule has 2 rings (SSSR count). The highest BCUT2D eigenvalue weighted by Crippen LogP contribution is 2.42. The highest BCUT2D eigenvalue weighted by molar-refractivity contribution is 7.99. The maximum atomic E-state index is 12.1. The molecule has 1 aliphatic carbocycles. The van der Waals surface area contributed by atoms with Gasteiger partial charge in [-0.25, -0.2) is 0 Å². The lowest BCUT2D eigenvalue weighted by Crippen LogP contribution is -2.53. The summed E-state index contributed by atoms with van der Waals surface area (Å²) in [5.41, 5.74) is 5.40. The molecule has 0 amide bonds. The lowest BCUT2D eigenvalue weighted by Gasteiger charge is -2.26. The summed E-state index contributed by atoms with van der Waals surface area (Å²) in [7, 11) is 0. The van der Waals surface area contributed by atoms with Crippen molar-refractivity contribution in [3.05, 3.63) is 29.3 Å². The van der Waals surface area contributed by atoms with Crippen LogP contribution in [0.2, 0.25) is 5.02 Å². The predicted octanol–water partition coefficient (Wildman–Crippen LogP) is 3.10. The molecule has 1 unspecified atom stereocenters. The Morgan fingerprint density at radius 2 is 2.21 bits per heavy atom. The van der Waals surface area contributed by atoms with E-state index in [1.54, 1.807) is 6.92 Å². The first-order valence-corrected chi connectivity index (χ1v) is 7.77. The molecule has 1 aromatic carbocycles. The summed E-state index contributed by atoms with van der Waals surface area (Å²) in [5.74, 6) is 0.443. The predicted molar refractivity (Wildman–Crippen MR) is 78.5 cm³/mol. The Morgan fingerprint density at radius 1 is 1.53 bits per heavy atom. The number of rotatable bonds is 6. The Morgan fingerprint density at radius 3 is 2.79 bits per heavy atom. The molecule has 19 heavy (non-hydrogen) atoms. The van der Waals surface area contributed by atoms with Crippen LogP contribution in [0.4, 0.5) is 0 Å². The number of carbonyl (C=O) groups is 1. The molecule has 0 radical (unpaired) electrons. The van der Waals surface area contributed by atoms with Crippen LogP contribution in [0, 0.1) is 5.92 Å². The van der Waals surface area contributed by atoms with Crippen LogP contribution in [0.3, 0.4) is 0 Å². The smallest absolute Gasteiger partial charge is 0.327 e. The molecular formula is C14H18ClNO2S. The second kappa shape index (κ2) is 6.16. The maximum Gasteiger partial charge on any atom is 0.327 e. The molecule has 0 aliphatic heterocycles. The number of esters is 1. The van der Waals surface area contributed by atoms with Gasteiger partial charge < -0.3 is 10.5 Å². The first-order chi connectivity index (χ1) is 9.08. The van der Waals surface area contributed by atoms with E-state index in [2.05, 4.69) is 0 Å².